The molecule has 2 rings (SSSR count). The van der Waals surface area contributed by atoms with Crippen LogP contribution < -0.4 is 5.32 Å². The second kappa shape index (κ2) is 10.7. The molecular weight excluding hydrogens is 393 g/mol. The summed E-state index contributed by atoms with van der Waals surface area (Å²) in [6.07, 6.45) is 2.10. The van der Waals surface area contributed by atoms with E-state index >= 15 is 0 Å². The molecule has 30 heavy (non-hydrogen) atoms. The normalized spacial score (nSPS) is 12.9. The number of hydrogen-bond donors (Lipinski definition) is 1. The molecule has 0 aliphatic rings. The second-order valence-corrected chi connectivity index (χ2v) is 13.7. The molecule has 2 aromatic rings. The van der Waals surface area contributed by atoms with Gasteiger partial charge in [0, 0.05) is 0 Å². The van der Waals surface area contributed by atoms with Crippen molar-refractivity contribution in [3.8, 4) is 0 Å². The van der Waals surface area contributed by atoms with Crippen LogP contribution in [-0.2, 0) is 20.9 Å². The van der Waals surface area contributed by atoms with Crippen LogP contribution in [0.25, 0.3) is 0 Å². The fourth-order valence-corrected chi connectivity index (χ4v) is 8.07. The zero-order valence-corrected chi connectivity index (χ0v) is 20.2. The molecule has 1 unspecified atom stereocenters. The summed E-state index contributed by atoms with van der Waals surface area (Å²) in [5, 5.41) is 3.15. The maximum atomic E-state index is 13.2. The summed E-state index contributed by atoms with van der Waals surface area (Å²) >= 11 is 0. The topological polar surface area (TPSA) is 55.4 Å². The minimum absolute atomic E-state index is 0.0104. The van der Waals surface area contributed by atoms with E-state index in [1.807, 2.05) is 51.1 Å². The Morgan fingerprint density at radius 1 is 1.00 bits per heavy atom. The molecule has 0 spiro atoms. The molecular formula is C25H36NO3P. The van der Waals surface area contributed by atoms with Crippen LogP contribution in [0.5, 0.6) is 0 Å². The molecule has 1 amide bonds. The molecule has 0 fully saturated rings. The molecule has 0 heterocycles. The molecule has 0 radical (unpaired) electrons. The van der Waals surface area contributed by atoms with Gasteiger partial charge < -0.3 is 0 Å². The summed E-state index contributed by atoms with van der Waals surface area (Å²) in [6, 6.07) is 13.9. The first-order valence-corrected chi connectivity index (χ1v) is 13.5. The number of esters is 1. The molecule has 164 valence electrons. The minimum atomic E-state index is -2.20. The molecule has 2 aromatic carbocycles. The first kappa shape index (κ1) is 24.1. The van der Waals surface area contributed by atoms with Gasteiger partial charge in [-0.2, -0.15) is 0 Å². The van der Waals surface area contributed by atoms with Crippen LogP contribution in [0.15, 0.2) is 42.5 Å². The Labute approximate surface area is 181 Å². The number of rotatable bonds is 9. The predicted molar refractivity (Wildman–Crippen MR) is 129 cm³/mol. The van der Waals surface area contributed by atoms with Gasteiger partial charge in [-0.1, -0.05) is 0 Å². The molecule has 0 aliphatic carbocycles. The van der Waals surface area contributed by atoms with E-state index in [4.69, 9.17) is 4.74 Å². The number of nitrogens with one attached hydrogen (secondary N) is 1. The predicted octanol–water partition coefficient (Wildman–Crippen LogP) is 5.47. The van der Waals surface area contributed by atoms with Gasteiger partial charge in [-0.25, -0.2) is 0 Å². The van der Waals surface area contributed by atoms with Gasteiger partial charge in [0.25, 0.3) is 0 Å². The molecule has 4 nitrogen and oxygen atoms in total. The van der Waals surface area contributed by atoms with Crippen molar-refractivity contribution in [3.05, 3.63) is 64.7 Å². The van der Waals surface area contributed by atoms with Crippen molar-refractivity contribution in [1.82, 2.24) is 0 Å². The Morgan fingerprint density at radius 3 is 2.10 bits per heavy atom. The van der Waals surface area contributed by atoms with Crippen LogP contribution >= 0.6 is 7.26 Å². The molecule has 0 aliphatic heterocycles. The van der Waals surface area contributed by atoms with Crippen LogP contribution in [0, 0.1) is 20.8 Å². The van der Waals surface area contributed by atoms with Gasteiger partial charge in [-0.3, -0.25) is 0 Å². The van der Waals surface area contributed by atoms with Crippen LogP contribution in [0.3, 0.4) is 0 Å². The molecule has 0 saturated heterocycles. The van der Waals surface area contributed by atoms with E-state index in [1.54, 1.807) is 0 Å². The number of amides is 1. The number of hydrogen-bond acceptors (Lipinski definition) is 3. The van der Waals surface area contributed by atoms with E-state index < -0.39 is 7.26 Å². The Morgan fingerprint density at radius 2 is 1.57 bits per heavy atom. The number of benzene rings is 2. The van der Waals surface area contributed by atoms with Gasteiger partial charge in [0.2, 0.25) is 0 Å². The summed E-state index contributed by atoms with van der Waals surface area (Å²) in [5.41, 5.74) is 4.99. The third-order valence-corrected chi connectivity index (χ3v) is 12.3. The van der Waals surface area contributed by atoms with Crippen molar-refractivity contribution < 1.29 is 14.3 Å². The Balaban J connectivity index is 2.10. The first-order chi connectivity index (χ1) is 14.2. The average molecular weight is 430 g/mol. The van der Waals surface area contributed by atoms with E-state index in [9.17, 15) is 9.59 Å². The Bertz CT molecular complexity index is 852. The molecule has 5 heteroatoms. The molecule has 0 saturated carbocycles. The van der Waals surface area contributed by atoms with Crippen molar-refractivity contribution in [2.75, 3.05) is 23.8 Å². The van der Waals surface area contributed by atoms with E-state index in [0.717, 1.165) is 34.7 Å². The summed E-state index contributed by atoms with van der Waals surface area (Å²) in [6.45, 7) is 12.6. The van der Waals surface area contributed by atoms with Crippen LogP contribution in [0.1, 0.15) is 43.0 Å². The van der Waals surface area contributed by atoms with E-state index in [-0.39, 0.29) is 24.1 Å². The van der Waals surface area contributed by atoms with E-state index in [0.29, 0.717) is 6.16 Å². The van der Waals surface area contributed by atoms with Gasteiger partial charge in [-0.05, 0) is 0 Å². The zero-order chi connectivity index (χ0) is 22.3. The van der Waals surface area contributed by atoms with Crippen molar-refractivity contribution >= 4 is 24.8 Å². The Hall–Kier alpha value is -2.19. The number of aryl methyl sites for hydroxylation is 3. The van der Waals surface area contributed by atoms with Crippen molar-refractivity contribution in [3.63, 3.8) is 0 Å². The van der Waals surface area contributed by atoms with Gasteiger partial charge in [0.1, 0.15) is 0 Å². The fourth-order valence-electron chi connectivity index (χ4n) is 4.23. The molecule has 1 N–H and O–H groups in total. The van der Waals surface area contributed by atoms with E-state index in [2.05, 4.69) is 38.2 Å². The molecule has 0 bridgehead atoms. The number of carbonyl (C=O) groups is 2. The third kappa shape index (κ3) is 5.92. The van der Waals surface area contributed by atoms with Gasteiger partial charge in [0.15, 0.2) is 0 Å². The molecule has 1 atom stereocenters. The third-order valence-electron chi connectivity index (χ3n) is 6.38. The quantitative estimate of drug-likeness (QED) is 0.425. The molecule has 0 aromatic heterocycles. The van der Waals surface area contributed by atoms with Crippen LogP contribution in [0.2, 0.25) is 0 Å². The number of carbonyl (C=O) groups excluding carboxylic acids is 2. The summed E-state index contributed by atoms with van der Waals surface area (Å²) in [4.78, 5) is 25.9. The standard InChI is InChI=1S/C25H36NO3P/c1-7-30(8-2,17-23(27)29-16-22-12-10-9-11-13-22)21(6)25(28)26-24-19(4)14-18(3)15-20(24)5/h9-15,21,30H,7-8,16-17H2,1-6H3,(H,26,28). The first-order valence-electron chi connectivity index (χ1n) is 10.8. The monoisotopic (exact) mass is 429 g/mol. The van der Waals surface area contributed by atoms with Crippen LogP contribution in [0.4, 0.5) is 5.69 Å². The number of anilines is 1. The number of ether oxygens (including phenoxy) is 1. The van der Waals surface area contributed by atoms with Crippen molar-refractivity contribution in [1.29, 1.82) is 0 Å². The average Bonchev–Trinajstić information content (AvgIpc) is 2.73. The van der Waals surface area contributed by atoms with E-state index in [1.165, 1.54) is 5.56 Å². The summed E-state index contributed by atoms with van der Waals surface area (Å²) < 4.78 is 5.55. The second-order valence-electron chi connectivity index (χ2n) is 8.38. The zero-order valence-electron chi connectivity index (χ0n) is 19.2. The van der Waals surface area contributed by atoms with Gasteiger partial charge in [-0.15, -0.1) is 0 Å². The Kier molecular flexibility index (Phi) is 8.61. The SMILES string of the molecule is CC[PH](CC)(CC(=O)OCc1ccccc1)C(C)C(=O)Nc1c(C)cc(C)cc1C. The van der Waals surface area contributed by atoms with Crippen molar-refractivity contribution in [2.24, 2.45) is 0 Å². The summed E-state index contributed by atoms with van der Waals surface area (Å²) in [5.74, 6) is -0.187. The maximum absolute atomic E-state index is 13.2. The summed E-state index contributed by atoms with van der Waals surface area (Å²) in [7, 11) is -2.20. The van der Waals surface area contributed by atoms with Crippen LogP contribution in [-0.4, -0.2) is 36.0 Å². The van der Waals surface area contributed by atoms with Crippen molar-refractivity contribution in [2.45, 2.75) is 53.8 Å². The fraction of sp³-hybridized carbons (Fsp3) is 0.440. The van der Waals surface area contributed by atoms with Gasteiger partial charge in [0.05, 0.1) is 0 Å². The van der Waals surface area contributed by atoms with Gasteiger partial charge >= 0.3 is 181 Å².